The average molecular weight is 535 g/mol. The van der Waals surface area contributed by atoms with Gasteiger partial charge >= 0.3 is 6.09 Å². The highest BCUT2D eigenvalue weighted by atomic mass is 35.5. The van der Waals surface area contributed by atoms with Crippen LogP contribution in [0.2, 0.25) is 5.02 Å². The summed E-state index contributed by atoms with van der Waals surface area (Å²) in [5, 5.41) is 20.1. The van der Waals surface area contributed by atoms with E-state index in [1.165, 1.54) is 36.5 Å². The van der Waals surface area contributed by atoms with Gasteiger partial charge in [-0.2, -0.15) is 0 Å². The van der Waals surface area contributed by atoms with Crippen molar-refractivity contribution in [3.05, 3.63) is 70.9 Å². The van der Waals surface area contributed by atoms with Gasteiger partial charge in [0.1, 0.15) is 24.1 Å². The molecule has 3 aromatic rings. The van der Waals surface area contributed by atoms with Crippen LogP contribution in [0.3, 0.4) is 0 Å². The number of halogens is 3. The van der Waals surface area contributed by atoms with Gasteiger partial charge in [-0.3, -0.25) is 10.1 Å². The summed E-state index contributed by atoms with van der Waals surface area (Å²) in [5.41, 5.74) is -0.423. The topological polar surface area (TPSA) is 113 Å². The number of benzene rings is 2. The SMILES string of the molecule is CC(C)(O)C[C@@H](COC(=O)Nc1cc2cc(F)ccc2cn1)NC(=O)CCNCc1ccc(F)cc1Cl. The third-order valence-electron chi connectivity index (χ3n) is 5.30. The zero-order valence-corrected chi connectivity index (χ0v) is 21.2. The van der Waals surface area contributed by atoms with Crippen molar-refractivity contribution in [2.45, 2.75) is 44.9 Å². The molecule has 11 heteroatoms. The maximum Gasteiger partial charge on any atom is 0.412 e. The molecule has 0 aliphatic rings. The third kappa shape index (κ3) is 9.56. The number of nitrogens with zero attached hydrogens (tertiary/aromatic N) is 1. The summed E-state index contributed by atoms with van der Waals surface area (Å²) in [6, 6.07) is 9.19. The van der Waals surface area contributed by atoms with E-state index in [0.29, 0.717) is 34.4 Å². The molecule has 0 spiro atoms. The monoisotopic (exact) mass is 534 g/mol. The van der Waals surface area contributed by atoms with Gasteiger partial charge in [0, 0.05) is 36.1 Å². The minimum atomic E-state index is -1.13. The number of fused-ring (bicyclic) bond motifs is 1. The smallest absolute Gasteiger partial charge is 0.412 e. The fourth-order valence-corrected chi connectivity index (χ4v) is 3.88. The number of aliphatic hydroxyl groups is 1. The number of carbonyl (C=O) groups is 2. The molecule has 2 amide bonds. The second kappa shape index (κ2) is 12.8. The third-order valence-corrected chi connectivity index (χ3v) is 5.65. The maximum absolute atomic E-state index is 13.5. The zero-order valence-electron chi connectivity index (χ0n) is 20.5. The standard InChI is InChI=1S/C26H29ClF2N4O4/c1-26(2,36)12-21(32-24(34)7-8-30-13-17-4-6-20(29)11-22(17)27)15-37-25(35)33-23-10-18-9-19(28)5-3-16(18)14-31-23/h3-6,9-11,14,21,30,36H,7-8,12-13,15H2,1-2H3,(H,32,34)(H,31,33,35)/t21-/m0/s1. The average Bonchev–Trinajstić information content (AvgIpc) is 2.80. The Balaban J connectivity index is 1.48. The lowest BCUT2D eigenvalue weighted by Gasteiger charge is -2.25. The molecule has 0 saturated carbocycles. The Morgan fingerprint density at radius 1 is 1.11 bits per heavy atom. The minimum absolute atomic E-state index is 0.116. The Morgan fingerprint density at radius 3 is 2.57 bits per heavy atom. The molecule has 1 aromatic heterocycles. The van der Waals surface area contributed by atoms with Crippen molar-refractivity contribution in [3.8, 4) is 0 Å². The van der Waals surface area contributed by atoms with E-state index in [4.69, 9.17) is 16.3 Å². The number of anilines is 1. The van der Waals surface area contributed by atoms with E-state index in [9.17, 15) is 23.5 Å². The summed E-state index contributed by atoms with van der Waals surface area (Å²) in [6.45, 7) is 3.65. The number of hydrogen-bond acceptors (Lipinski definition) is 6. The molecule has 198 valence electrons. The first kappa shape index (κ1) is 28.2. The van der Waals surface area contributed by atoms with Gasteiger partial charge in [-0.25, -0.2) is 18.6 Å². The summed E-state index contributed by atoms with van der Waals surface area (Å²) >= 11 is 6.00. The quantitative estimate of drug-likeness (QED) is 0.269. The highest BCUT2D eigenvalue weighted by molar-refractivity contribution is 6.31. The molecule has 0 unspecified atom stereocenters. The summed E-state index contributed by atoms with van der Waals surface area (Å²) in [4.78, 5) is 28.9. The number of pyridine rings is 1. The van der Waals surface area contributed by atoms with Gasteiger partial charge in [0.15, 0.2) is 0 Å². The Labute approximate surface area is 218 Å². The van der Waals surface area contributed by atoms with E-state index in [-0.39, 0.29) is 31.2 Å². The maximum atomic E-state index is 13.5. The van der Waals surface area contributed by atoms with Gasteiger partial charge in [-0.05, 0) is 67.6 Å². The lowest BCUT2D eigenvalue weighted by atomic mass is 9.99. The molecule has 0 aliphatic heterocycles. The van der Waals surface area contributed by atoms with Crippen molar-refractivity contribution in [1.29, 1.82) is 0 Å². The summed E-state index contributed by atoms with van der Waals surface area (Å²) in [5.74, 6) is -0.967. The molecule has 2 aromatic carbocycles. The Bertz CT molecular complexity index is 1250. The molecule has 0 bridgehead atoms. The lowest BCUT2D eigenvalue weighted by Crippen LogP contribution is -2.44. The first-order valence-electron chi connectivity index (χ1n) is 11.6. The molecule has 3 rings (SSSR count). The van der Waals surface area contributed by atoms with E-state index in [0.717, 1.165) is 0 Å². The summed E-state index contributed by atoms with van der Waals surface area (Å²) in [7, 11) is 0. The first-order chi connectivity index (χ1) is 17.5. The van der Waals surface area contributed by atoms with Crippen LogP contribution in [0.25, 0.3) is 10.8 Å². The molecule has 1 heterocycles. The van der Waals surface area contributed by atoms with E-state index < -0.39 is 29.4 Å². The fraction of sp³-hybridized carbons (Fsp3) is 0.346. The fourth-order valence-electron chi connectivity index (χ4n) is 3.64. The van der Waals surface area contributed by atoms with Gasteiger partial charge in [-0.15, -0.1) is 0 Å². The summed E-state index contributed by atoms with van der Waals surface area (Å²) < 4.78 is 31.9. The predicted octanol–water partition coefficient (Wildman–Crippen LogP) is 4.54. The number of aromatic nitrogens is 1. The van der Waals surface area contributed by atoms with Gasteiger partial charge in [0.05, 0.1) is 11.6 Å². The number of hydrogen-bond donors (Lipinski definition) is 4. The normalized spacial score (nSPS) is 12.3. The minimum Gasteiger partial charge on any atom is -0.447 e. The summed E-state index contributed by atoms with van der Waals surface area (Å²) in [6.07, 6.45) is 0.944. The molecule has 8 nitrogen and oxygen atoms in total. The molecule has 0 radical (unpaired) electrons. The van der Waals surface area contributed by atoms with Gasteiger partial charge in [-0.1, -0.05) is 17.7 Å². The molecule has 0 saturated heterocycles. The van der Waals surface area contributed by atoms with E-state index in [1.807, 2.05) is 0 Å². The molecule has 0 fully saturated rings. The number of ether oxygens (including phenoxy) is 1. The van der Waals surface area contributed by atoms with Gasteiger partial charge < -0.3 is 20.5 Å². The van der Waals surface area contributed by atoms with Crippen molar-refractivity contribution in [3.63, 3.8) is 0 Å². The Morgan fingerprint density at radius 2 is 1.84 bits per heavy atom. The molecular formula is C26H29ClF2N4O4. The van der Waals surface area contributed by atoms with Crippen molar-refractivity contribution in [2.75, 3.05) is 18.5 Å². The van der Waals surface area contributed by atoms with Crippen LogP contribution in [0.4, 0.5) is 19.4 Å². The molecule has 4 N–H and O–H groups in total. The van der Waals surface area contributed by atoms with Crippen LogP contribution in [0.1, 0.15) is 32.3 Å². The van der Waals surface area contributed by atoms with Crippen LogP contribution in [0.15, 0.2) is 48.7 Å². The highest BCUT2D eigenvalue weighted by Crippen LogP contribution is 2.19. The van der Waals surface area contributed by atoms with Crippen LogP contribution in [0, 0.1) is 11.6 Å². The largest absolute Gasteiger partial charge is 0.447 e. The molecule has 1 atom stereocenters. The van der Waals surface area contributed by atoms with E-state index in [2.05, 4.69) is 20.9 Å². The Hall–Kier alpha value is -3.34. The second-order valence-corrected chi connectivity index (χ2v) is 9.64. The Kier molecular flexibility index (Phi) is 9.73. The predicted molar refractivity (Wildman–Crippen MR) is 137 cm³/mol. The van der Waals surface area contributed by atoms with Crippen LogP contribution in [0.5, 0.6) is 0 Å². The van der Waals surface area contributed by atoms with Crippen molar-refractivity contribution < 1.29 is 28.2 Å². The number of carbonyl (C=O) groups excluding carboxylic acids is 2. The molecule has 0 aliphatic carbocycles. The van der Waals surface area contributed by atoms with Crippen LogP contribution in [-0.4, -0.2) is 46.9 Å². The molecular weight excluding hydrogens is 506 g/mol. The van der Waals surface area contributed by atoms with Gasteiger partial charge in [0.2, 0.25) is 5.91 Å². The van der Waals surface area contributed by atoms with E-state index in [1.54, 1.807) is 26.0 Å². The van der Waals surface area contributed by atoms with Crippen LogP contribution in [-0.2, 0) is 16.1 Å². The van der Waals surface area contributed by atoms with Crippen molar-refractivity contribution in [1.82, 2.24) is 15.6 Å². The van der Waals surface area contributed by atoms with E-state index >= 15 is 0 Å². The van der Waals surface area contributed by atoms with Gasteiger partial charge in [0.25, 0.3) is 0 Å². The zero-order chi connectivity index (χ0) is 27.0. The lowest BCUT2D eigenvalue weighted by molar-refractivity contribution is -0.122. The van der Waals surface area contributed by atoms with Crippen molar-refractivity contribution >= 4 is 40.2 Å². The number of amides is 2. The number of rotatable bonds is 11. The van der Waals surface area contributed by atoms with Crippen LogP contribution < -0.4 is 16.0 Å². The number of nitrogens with one attached hydrogen (secondary N) is 3. The molecule has 37 heavy (non-hydrogen) atoms. The van der Waals surface area contributed by atoms with Crippen LogP contribution >= 0.6 is 11.6 Å². The first-order valence-corrected chi connectivity index (χ1v) is 12.0. The highest BCUT2D eigenvalue weighted by Gasteiger charge is 2.23. The second-order valence-electron chi connectivity index (χ2n) is 9.23. The van der Waals surface area contributed by atoms with Crippen molar-refractivity contribution in [2.24, 2.45) is 0 Å².